The number of methoxy groups -OCH3 is 1. The first-order valence-electron chi connectivity index (χ1n) is 5.45. The summed E-state index contributed by atoms with van der Waals surface area (Å²) in [5.74, 6) is 2.41. The highest BCUT2D eigenvalue weighted by atomic mass is 32.1. The first kappa shape index (κ1) is 13.1. The number of nitrogens with zero attached hydrogens (tertiary/aromatic N) is 1. The van der Waals surface area contributed by atoms with Gasteiger partial charge in [0.05, 0.1) is 6.61 Å². The predicted octanol–water partition coefficient (Wildman–Crippen LogP) is 2.40. The summed E-state index contributed by atoms with van der Waals surface area (Å²) in [6, 6.07) is 1.83. The van der Waals surface area contributed by atoms with Gasteiger partial charge in [-0.15, -0.1) is 0 Å². The van der Waals surface area contributed by atoms with Crippen LogP contribution in [0.4, 0.5) is 5.82 Å². The molecule has 0 bridgehead atoms. The van der Waals surface area contributed by atoms with Gasteiger partial charge in [0.25, 0.3) is 0 Å². The number of anilines is 1. The van der Waals surface area contributed by atoms with Crippen molar-refractivity contribution < 1.29 is 4.74 Å². The molecule has 0 saturated carbocycles. The average molecular weight is 241 g/mol. The number of aromatic amines is 1. The van der Waals surface area contributed by atoms with E-state index < -0.39 is 0 Å². The maximum Gasteiger partial charge on any atom is 0.131 e. The Balaban J connectivity index is 2.69. The lowest BCUT2D eigenvalue weighted by molar-refractivity contribution is 0.210. The molecule has 0 aliphatic rings. The highest BCUT2D eigenvalue weighted by Crippen LogP contribution is 2.07. The Kier molecular flexibility index (Phi) is 5.42. The zero-order valence-electron chi connectivity index (χ0n) is 10.0. The maximum absolute atomic E-state index is 5.12. The molecule has 0 aliphatic carbocycles. The van der Waals surface area contributed by atoms with Gasteiger partial charge >= 0.3 is 0 Å². The van der Waals surface area contributed by atoms with E-state index in [0.29, 0.717) is 17.2 Å². The topological polar surface area (TPSA) is 49.9 Å². The second-order valence-corrected chi connectivity index (χ2v) is 4.52. The number of hydrogen-bond donors (Lipinski definition) is 2. The van der Waals surface area contributed by atoms with Crippen LogP contribution in [0.2, 0.25) is 0 Å². The Hall–Kier alpha value is -0.940. The van der Waals surface area contributed by atoms with Crippen LogP contribution in [0.1, 0.15) is 19.7 Å². The summed E-state index contributed by atoms with van der Waals surface area (Å²) in [5.41, 5.74) is 0. The Labute approximate surface area is 101 Å². The van der Waals surface area contributed by atoms with Gasteiger partial charge in [0.1, 0.15) is 16.3 Å². The van der Waals surface area contributed by atoms with Gasteiger partial charge in [-0.1, -0.05) is 26.1 Å². The van der Waals surface area contributed by atoms with Crippen LogP contribution in [0.3, 0.4) is 0 Å². The molecule has 16 heavy (non-hydrogen) atoms. The standard InChI is InChI=1S/C11H19N3OS/c1-8(2)6-10-13-9(7-11(16)14-10)12-4-5-15-3/h7-8H,4-6H2,1-3H3,(H2,12,13,14,16). The van der Waals surface area contributed by atoms with Gasteiger partial charge in [-0.25, -0.2) is 4.98 Å². The normalized spacial score (nSPS) is 10.8. The van der Waals surface area contributed by atoms with Gasteiger partial charge < -0.3 is 15.0 Å². The molecule has 0 aromatic carbocycles. The fraction of sp³-hybridized carbons (Fsp3) is 0.636. The van der Waals surface area contributed by atoms with E-state index in [1.54, 1.807) is 7.11 Å². The van der Waals surface area contributed by atoms with Crippen molar-refractivity contribution >= 4 is 18.0 Å². The minimum atomic E-state index is 0.562. The van der Waals surface area contributed by atoms with Crippen molar-refractivity contribution in [2.75, 3.05) is 25.6 Å². The lowest BCUT2D eigenvalue weighted by Gasteiger charge is -2.09. The summed E-state index contributed by atoms with van der Waals surface area (Å²) in [4.78, 5) is 7.52. The average Bonchev–Trinajstić information content (AvgIpc) is 2.16. The third kappa shape index (κ3) is 4.72. The van der Waals surface area contributed by atoms with Gasteiger partial charge in [-0.05, 0) is 5.92 Å². The molecule has 0 saturated heterocycles. The van der Waals surface area contributed by atoms with Crippen LogP contribution < -0.4 is 5.32 Å². The molecule has 0 fully saturated rings. The smallest absolute Gasteiger partial charge is 0.131 e. The Morgan fingerprint density at radius 3 is 2.94 bits per heavy atom. The van der Waals surface area contributed by atoms with E-state index in [-0.39, 0.29) is 0 Å². The summed E-state index contributed by atoms with van der Waals surface area (Å²) in [7, 11) is 1.68. The molecule has 4 nitrogen and oxygen atoms in total. The molecule has 1 heterocycles. The molecule has 0 spiro atoms. The lowest BCUT2D eigenvalue weighted by atomic mass is 10.1. The largest absolute Gasteiger partial charge is 0.383 e. The van der Waals surface area contributed by atoms with Crippen molar-refractivity contribution in [3.05, 3.63) is 16.5 Å². The second kappa shape index (κ2) is 6.60. The van der Waals surface area contributed by atoms with E-state index in [1.165, 1.54) is 0 Å². The third-order valence-corrected chi connectivity index (χ3v) is 2.22. The van der Waals surface area contributed by atoms with Crippen molar-refractivity contribution in [2.45, 2.75) is 20.3 Å². The molecule has 5 heteroatoms. The summed E-state index contributed by atoms with van der Waals surface area (Å²) >= 11 is 5.12. The fourth-order valence-electron chi connectivity index (χ4n) is 1.37. The summed E-state index contributed by atoms with van der Waals surface area (Å²) in [6.45, 7) is 5.74. The molecule has 0 amide bonds. The number of H-pyrrole nitrogens is 1. The van der Waals surface area contributed by atoms with Gasteiger partial charge in [-0.2, -0.15) is 0 Å². The van der Waals surface area contributed by atoms with E-state index in [2.05, 4.69) is 29.1 Å². The Bertz CT molecular complexity index is 376. The van der Waals surface area contributed by atoms with Crippen molar-refractivity contribution in [1.29, 1.82) is 0 Å². The minimum Gasteiger partial charge on any atom is -0.383 e. The van der Waals surface area contributed by atoms with Crippen molar-refractivity contribution in [2.24, 2.45) is 5.92 Å². The monoisotopic (exact) mass is 241 g/mol. The molecule has 1 aromatic rings. The molecule has 2 N–H and O–H groups in total. The molecular weight excluding hydrogens is 222 g/mol. The number of rotatable bonds is 6. The molecule has 1 aromatic heterocycles. The first-order valence-corrected chi connectivity index (χ1v) is 5.85. The van der Waals surface area contributed by atoms with E-state index in [9.17, 15) is 0 Å². The van der Waals surface area contributed by atoms with Gasteiger partial charge in [0.15, 0.2) is 0 Å². The molecule has 1 rings (SSSR count). The fourth-order valence-corrected chi connectivity index (χ4v) is 1.60. The SMILES string of the molecule is COCCNc1cc(=S)nc(CC(C)C)[nH]1. The summed E-state index contributed by atoms with van der Waals surface area (Å²) in [6.07, 6.45) is 0.906. The van der Waals surface area contributed by atoms with E-state index in [4.69, 9.17) is 17.0 Å². The molecular formula is C11H19N3OS. The van der Waals surface area contributed by atoms with Crippen LogP contribution in [0.15, 0.2) is 6.07 Å². The van der Waals surface area contributed by atoms with E-state index in [0.717, 1.165) is 24.6 Å². The quantitative estimate of drug-likeness (QED) is 0.593. The van der Waals surface area contributed by atoms with Crippen LogP contribution >= 0.6 is 12.2 Å². The highest BCUT2D eigenvalue weighted by molar-refractivity contribution is 7.71. The molecule has 90 valence electrons. The molecule has 0 radical (unpaired) electrons. The van der Waals surface area contributed by atoms with Gasteiger partial charge in [0.2, 0.25) is 0 Å². The van der Waals surface area contributed by atoms with Gasteiger partial charge in [0, 0.05) is 26.1 Å². The van der Waals surface area contributed by atoms with Crippen LogP contribution in [0.5, 0.6) is 0 Å². The van der Waals surface area contributed by atoms with Crippen molar-refractivity contribution in [1.82, 2.24) is 9.97 Å². The van der Waals surface area contributed by atoms with Crippen molar-refractivity contribution in [3.8, 4) is 0 Å². The second-order valence-electron chi connectivity index (χ2n) is 4.10. The Morgan fingerprint density at radius 1 is 1.56 bits per heavy atom. The maximum atomic E-state index is 5.12. The number of ether oxygens (including phenoxy) is 1. The van der Waals surface area contributed by atoms with Gasteiger partial charge in [-0.3, -0.25) is 0 Å². The summed E-state index contributed by atoms with van der Waals surface area (Å²) < 4.78 is 5.59. The van der Waals surface area contributed by atoms with Crippen LogP contribution in [-0.4, -0.2) is 30.2 Å². The number of nitrogens with one attached hydrogen (secondary N) is 2. The zero-order chi connectivity index (χ0) is 12.0. The zero-order valence-corrected chi connectivity index (χ0v) is 10.9. The van der Waals surface area contributed by atoms with Crippen molar-refractivity contribution in [3.63, 3.8) is 0 Å². The molecule has 0 unspecified atom stereocenters. The number of aromatic nitrogens is 2. The van der Waals surface area contributed by atoms with Crippen LogP contribution in [0, 0.1) is 10.6 Å². The highest BCUT2D eigenvalue weighted by Gasteiger charge is 2.01. The molecule has 0 aliphatic heterocycles. The molecule has 0 atom stereocenters. The van der Waals surface area contributed by atoms with Crippen LogP contribution in [-0.2, 0) is 11.2 Å². The lowest BCUT2D eigenvalue weighted by Crippen LogP contribution is -2.11. The van der Waals surface area contributed by atoms with Crippen LogP contribution in [0.25, 0.3) is 0 Å². The minimum absolute atomic E-state index is 0.562. The first-order chi connectivity index (χ1) is 7.61. The Morgan fingerprint density at radius 2 is 2.31 bits per heavy atom. The summed E-state index contributed by atoms with van der Waals surface area (Å²) in [5, 5.41) is 3.21. The third-order valence-electron chi connectivity index (χ3n) is 2.02. The van der Waals surface area contributed by atoms with E-state index >= 15 is 0 Å². The van der Waals surface area contributed by atoms with E-state index in [1.807, 2.05) is 6.07 Å². The predicted molar refractivity (Wildman–Crippen MR) is 68.3 cm³/mol. The number of hydrogen-bond acceptors (Lipinski definition) is 4.